The van der Waals surface area contributed by atoms with Crippen LogP contribution in [-0.2, 0) is 0 Å². The van der Waals surface area contributed by atoms with Crippen molar-refractivity contribution in [1.82, 2.24) is 0 Å². The molecule has 1 aliphatic carbocycles. The molecule has 4 heteroatoms. The van der Waals surface area contributed by atoms with Crippen molar-refractivity contribution in [1.29, 1.82) is 0 Å². The van der Waals surface area contributed by atoms with E-state index in [0.29, 0.717) is 22.3 Å². The number of nitrogens with zero attached hydrogens (tertiary/aromatic N) is 1. The van der Waals surface area contributed by atoms with Crippen molar-refractivity contribution in [2.75, 3.05) is 4.90 Å². The second kappa shape index (κ2) is 6.16. The molecule has 4 aromatic rings. The van der Waals surface area contributed by atoms with Gasteiger partial charge in [-0.15, -0.1) is 0 Å². The van der Waals surface area contributed by atoms with Crippen molar-refractivity contribution in [3.8, 4) is 11.5 Å². The molecular weight excluding hydrogens is 374 g/mol. The van der Waals surface area contributed by atoms with E-state index >= 15 is 0 Å². The lowest BCUT2D eigenvalue weighted by Crippen LogP contribution is -2.22. The van der Waals surface area contributed by atoms with Crippen LogP contribution in [0.25, 0.3) is 0 Å². The molecule has 0 N–H and O–H groups in total. The number of para-hydroxylation sites is 4. The van der Waals surface area contributed by atoms with Crippen LogP contribution >= 0.6 is 0 Å². The third-order valence-corrected chi connectivity index (χ3v) is 5.60. The Hall–Kier alpha value is -4.18. The Morgan fingerprint density at radius 1 is 0.533 bits per heavy atom. The van der Waals surface area contributed by atoms with E-state index in [1.54, 1.807) is 30.3 Å². The summed E-state index contributed by atoms with van der Waals surface area (Å²) in [4.78, 5) is 28.2. The monoisotopic (exact) mass is 389 g/mol. The van der Waals surface area contributed by atoms with Crippen LogP contribution in [0.2, 0.25) is 0 Å². The average molecular weight is 389 g/mol. The zero-order valence-electron chi connectivity index (χ0n) is 15.8. The third-order valence-electron chi connectivity index (χ3n) is 5.60. The van der Waals surface area contributed by atoms with Crippen LogP contribution in [0.4, 0.5) is 17.1 Å². The highest BCUT2D eigenvalue weighted by Crippen LogP contribution is 2.50. The molecular formula is C26H15NO3. The smallest absolute Gasteiger partial charge is 0.194 e. The minimum Gasteiger partial charge on any atom is -0.453 e. The summed E-state index contributed by atoms with van der Waals surface area (Å²) in [6, 6.07) is 28.0. The number of anilines is 3. The topological polar surface area (TPSA) is 46.6 Å². The average Bonchev–Trinajstić information content (AvgIpc) is 2.80. The predicted molar refractivity (Wildman–Crippen MR) is 115 cm³/mol. The van der Waals surface area contributed by atoms with E-state index in [-0.39, 0.29) is 11.6 Å². The summed E-state index contributed by atoms with van der Waals surface area (Å²) in [5, 5.41) is 0. The summed E-state index contributed by atoms with van der Waals surface area (Å²) in [6.07, 6.45) is 0. The van der Waals surface area contributed by atoms with Crippen LogP contribution < -0.4 is 9.64 Å². The second-order valence-electron chi connectivity index (χ2n) is 7.31. The van der Waals surface area contributed by atoms with E-state index in [1.165, 1.54) is 0 Å². The highest BCUT2D eigenvalue weighted by atomic mass is 16.5. The van der Waals surface area contributed by atoms with Gasteiger partial charge in [0.15, 0.2) is 23.1 Å². The van der Waals surface area contributed by atoms with Crippen molar-refractivity contribution in [2.24, 2.45) is 0 Å². The SMILES string of the molecule is O=C1c2ccccc2C(=O)c2cc(N3c4ccccc4Oc4ccccc43)ccc21. The third kappa shape index (κ3) is 2.28. The normalized spacial score (nSPS) is 13.7. The van der Waals surface area contributed by atoms with Gasteiger partial charge < -0.3 is 9.64 Å². The van der Waals surface area contributed by atoms with Gasteiger partial charge in [-0.25, -0.2) is 0 Å². The largest absolute Gasteiger partial charge is 0.453 e. The Balaban J connectivity index is 1.56. The lowest BCUT2D eigenvalue weighted by Gasteiger charge is -2.33. The van der Waals surface area contributed by atoms with E-state index in [0.717, 1.165) is 28.6 Å². The molecule has 0 spiro atoms. The van der Waals surface area contributed by atoms with Crippen molar-refractivity contribution >= 4 is 28.6 Å². The van der Waals surface area contributed by atoms with Gasteiger partial charge in [0.25, 0.3) is 0 Å². The van der Waals surface area contributed by atoms with Crippen molar-refractivity contribution in [3.05, 3.63) is 113 Å². The van der Waals surface area contributed by atoms with E-state index in [4.69, 9.17) is 4.74 Å². The zero-order valence-corrected chi connectivity index (χ0v) is 15.8. The molecule has 1 aliphatic heterocycles. The van der Waals surface area contributed by atoms with Crippen molar-refractivity contribution < 1.29 is 14.3 Å². The maximum atomic E-state index is 13.2. The first kappa shape index (κ1) is 16.7. The fourth-order valence-corrected chi connectivity index (χ4v) is 4.21. The number of ether oxygens (including phenoxy) is 1. The molecule has 0 fully saturated rings. The Bertz CT molecular complexity index is 1330. The Morgan fingerprint density at radius 3 is 1.67 bits per heavy atom. The molecule has 0 bridgehead atoms. The zero-order chi connectivity index (χ0) is 20.2. The molecule has 4 nitrogen and oxygen atoms in total. The number of benzene rings is 4. The molecule has 0 radical (unpaired) electrons. The predicted octanol–water partition coefficient (Wildman–Crippen LogP) is 6.04. The van der Waals surface area contributed by atoms with Gasteiger partial charge in [-0.05, 0) is 42.5 Å². The Morgan fingerprint density at radius 2 is 1.03 bits per heavy atom. The van der Waals surface area contributed by atoms with E-state index in [9.17, 15) is 9.59 Å². The van der Waals surface area contributed by atoms with Gasteiger partial charge in [-0.3, -0.25) is 9.59 Å². The number of ketones is 2. The van der Waals surface area contributed by atoms with E-state index in [2.05, 4.69) is 4.90 Å². The van der Waals surface area contributed by atoms with E-state index < -0.39 is 0 Å². The lowest BCUT2D eigenvalue weighted by atomic mass is 9.84. The van der Waals surface area contributed by atoms with Crippen molar-refractivity contribution in [2.45, 2.75) is 0 Å². The highest BCUT2D eigenvalue weighted by Gasteiger charge is 2.31. The molecule has 1 heterocycles. The van der Waals surface area contributed by atoms with Gasteiger partial charge in [0, 0.05) is 27.9 Å². The molecule has 142 valence electrons. The first-order chi connectivity index (χ1) is 14.7. The second-order valence-corrected chi connectivity index (χ2v) is 7.31. The summed E-state index contributed by atoms with van der Waals surface area (Å²) in [6.45, 7) is 0. The molecule has 0 saturated heterocycles. The number of fused-ring (bicyclic) bond motifs is 4. The number of hydrogen-bond donors (Lipinski definition) is 0. The molecule has 0 saturated carbocycles. The van der Waals surface area contributed by atoms with Crippen LogP contribution in [-0.4, -0.2) is 11.6 Å². The summed E-state index contributed by atoms with van der Waals surface area (Å²) in [7, 11) is 0. The van der Waals surface area contributed by atoms with Crippen LogP contribution in [0.3, 0.4) is 0 Å². The quantitative estimate of drug-likeness (QED) is 0.344. The van der Waals surface area contributed by atoms with Gasteiger partial charge in [0.1, 0.15) is 0 Å². The van der Waals surface area contributed by atoms with Crippen LogP contribution in [0, 0.1) is 0 Å². The summed E-state index contributed by atoms with van der Waals surface area (Å²) >= 11 is 0. The number of carbonyl (C=O) groups is 2. The first-order valence-corrected chi connectivity index (χ1v) is 9.71. The van der Waals surface area contributed by atoms with Gasteiger partial charge in [-0.2, -0.15) is 0 Å². The first-order valence-electron chi connectivity index (χ1n) is 9.71. The Labute approximate surface area is 173 Å². The number of rotatable bonds is 1. The lowest BCUT2D eigenvalue weighted by molar-refractivity contribution is 0.0979. The Kier molecular flexibility index (Phi) is 3.44. The molecule has 2 aliphatic rings. The van der Waals surface area contributed by atoms with Crippen LogP contribution in [0.1, 0.15) is 31.8 Å². The molecule has 4 aromatic carbocycles. The summed E-state index contributed by atoms with van der Waals surface area (Å²) in [5.74, 6) is 1.23. The molecule has 0 aromatic heterocycles. The standard InChI is InChI=1S/C26H15NO3/c28-25-17-7-1-2-8-18(17)26(29)20-15-16(13-14-19(20)25)27-21-9-3-5-11-23(21)30-24-12-6-4-10-22(24)27/h1-15H. The summed E-state index contributed by atoms with van der Waals surface area (Å²) in [5.41, 5.74) is 4.35. The molecule has 6 rings (SSSR count). The van der Waals surface area contributed by atoms with Gasteiger partial charge in [0.2, 0.25) is 0 Å². The molecule has 0 atom stereocenters. The summed E-state index contributed by atoms with van der Waals surface area (Å²) < 4.78 is 6.06. The van der Waals surface area contributed by atoms with E-state index in [1.807, 2.05) is 60.7 Å². The van der Waals surface area contributed by atoms with Crippen LogP contribution in [0.5, 0.6) is 11.5 Å². The van der Waals surface area contributed by atoms with Crippen molar-refractivity contribution in [3.63, 3.8) is 0 Å². The fraction of sp³-hybridized carbons (Fsp3) is 0. The highest BCUT2D eigenvalue weighted by molar-refractivity contribution is 6.28. The van der Waals surface area contributed by atoms with Gasteiger partial charge in [0.05, 0.1) is 11.4 Å². The molecule has 0 unspecified atom stereocenters. The molecule has 30 heavy (non-hydrogen) atoms. The van der Waals surface area contributed by atoms with Gasteiger partial charge in [-0.1, -0.05) is 48.5 Å². The minimum absolute atomic E-state index is 0.116. The van der Waals surface area contributed by atoms with Gasteiger partial charge >= 0.3 is 0 Å². The maximum Gasteiger partial charge on any atom is 0.194 e. The van der Waals surface area contributed by atoms with Crippen LogP contribution in [0.15, 0.2) is 91.0 Å². The number of carbonyl (C=O) groups excluding carboxylic acids is 2. The number of hydrogen-bond acceptors (Lipinski definition) is 4. The maximum absolute atomic E-state index is 13.2. The minimum atomic E-state index is -0.128. The molecule has 0 amide bonds. The fourth-order valence-electron chi connectivity index (χ4n) is 4.21.